The summed E-state index contributed by atoms with van der Waals surface area (Å²) in [5, 5.41) is 11.7. The molecule has 1 unspecified atom stereocenters. The summed E-state index contributed by atoms with van der Waals surface area (Å²) in [6.07, 6.45) is 3.18. The van der Waals surface area contributed by atoms with Crippen LogP contribution in [-0.2, 0) is 16.9 Å². The van der Waals surface area contributed by atoms with Gasteiger partial charge in [-0.15, -0.1) is 5.10 Å². The molecule has 0 saturated carbocycles. The normalized spacial score (nSPS) is 23.9. The Labute approximate surface area is 81.5 Å². The lowest BCUT2D eigenvalue weighted by Gasteiger charge is -2.09. The molecule has 0 spiro atoms. The lowest BCUT2D eigenvalue weighted by atomic mass is 10.3. The van der Waals surface area contributed by atoms with Gasteiger partial charge in [-0.05, 0) is 6.08 Å². The number of rotatable bonds is 2. The predicted molar refractivity (Wildman–Crippen MR) is 51.3 cm³/mol. The summed E-state index contributed by atoms with van der Waals surface area (Å²) in [5.41, 5.74) is 0. The summed E-state index contributed by atoms with van der Waals surface area (Å²) in [6.45, 7) is 0. The maximum Gasteiger partial charge on any atom is 0.173 e. The van der Waals surface area contributed by atoms with E-state index >= 15 is 0 Å². The van der Waals surface area contributed by atoms with E-state index in [9.17, 15) is 8.42 Å². The zero-order chi connectivity index (χ0) is 10.2. The van der Waals surface area contributed by atoms with Gasteiger partial charge in [0.05, 0.1) is 18.0 Å². The first-order valence-electron chi connectivity index (χ1n) is 4.09. The van der Waals surface area contributed by atoms with Gasteiger partial charge in [0, 0.05) is 12.5 Å². The van der Waals surface area contributed by atoms with Crippen molar-refractivity contribution in [2.75, 3.05) is 11.1 Å². The largest absolute Gasteiger partial charge is 0.362 e. The van der Waals surface area contributed by atoms with Crippen molar-refractivity contribution in [3.8, 4) is 0 Å². The average molecular weight is 214 g/mol. The van der Waals surface area contributed by atoms with Gasteiger partial charge >= 0.3 is 0 Å². The summed E-state index contributed by atoms with van der Waals surface area (Å²) < 4.78 is 23.7. The summed E-state index contributed by atoms with van der Waals surface area (Å²) >= 11 is 0. The van der Waals surface area contributed by atoms with Gasteiger partial charge < -0.3 is 5.32 Å². The molecule has 0 bridgehead atoms. The highest BCUT2D eigenvalue weighted by atomic mass is 32.2. The number of aromatic nitrogens is 3. The summed E-state index contributed by atoms with van der Waals surface area (Å²) in [7, 11) is -1.27. The Kier molecular flexibility index (Phi) is 2.03. The van der Waals surface area contributed by atoms with Crippen LogP contribution in [0.2, 0.25) is 0 Å². The van der Waals surface area contributed by atoms with Crippen molar-refractivity contribution in [3.63, 3.8) is 0 Å². The molecule has 76 valence electrons. The molecule has 0 aliphatic carbocycles. The zero-order valence-corrected chi connectivity index (χ0v) is 8.40. The number of hydrogen-bond acceptors (Lipinski definition) is 5. The number of nitrogens with one attached hydrogen (secondary N) is 1. The third kappa shape index (κ3) is 1.77. The SMILES string of the molecule is Cn1nncc1NC1C=CS(=O)(=O)C1. The fourth-order valence-electron chi connectivity index (χ4n) is 1.28. The Hall–Kier alpha value is -1.37. The zero-order valence-electron chi connectivity index (χ0n) is 7.58. The number of anilines is 1. The molecule has 0 amide bonds. The lowest BCUT2D eigenvalue weighted by Crippen LogP contribution is -2.22. The van der Waals surface area contributed by atoms with Gasteiger partial charge in [-0.25, -0.2) is 13.1 Å². The van der Waals surface area contributed by atoms with Gasteiger partial charge in [0.25, 0.3) is 0 Å². The minimum absolute atomic E-state index is 0.0954. The molecule has 1 aromatic heterocycles. The van der Waals surface area contributed by atoms with E-state index < -0.39 is 9.84 Å². The molecule has 0 radical (unpaired) electrons. The van der Waals surface area contributed by atoms with E-state index in [2.05, 4.69) is 15.6 Å². The fraction of sp³-hybridized carbons (Fsp3) is 0.429. The molecule has 1 aliphatic rings. The standard InChI is InChI=1S/C7H10N4O2S/c1-11-7(4-8-10-11)9-6-2-3-14(12,13)5-6/h2-4,6,9H,5H2,1H3. The van der Waals surface area contributed by atoms with E-state index in [0.717, 1.165) is 0 Å². The van der Waals surface area contributed by atoms with E-state index in [4.69, 9.17) is 0 Å². The molecule has 1 aliphatic heterocycles. The second kappa shape index (κ2) is 3.09. The van der Waals surface area contributed by atoms with Crippen LogP contribution >= 0.6 is 0 Å². The Morgan fingerprint density at radius 2 is 2.43 bits per heavy atom. The van der Waals surface area contributed by atoms with E-state index in [1.165, 1.54) is 5.41 Å². The molecular formula is C7H10N4O2S. The first kappa shape index (κ1) is 9.20. The average Bonchev–Trinajstić information content (AvgIpc) is 2.61. The predicted octanol–water partition coefficient (Wildman–Crippen LogP) is -0.462. The summed E-state index contributed by atoms with van der Waals surface area (Å²) in [5.74, 6) is 0.801. The van der Waals surface area contributed by atoms with Crippen LogP contribution in [-0.4, -0.2) is 35.2 Å². The smallest absolute Gasteiger partial charge is 0.173 e. The molecule has 7 heteroatoms. The molecule has 1 N–H and O–H groups in total. The number of hydrogen-bond donors (Lipinski definition) is 1. The molecule has 6 nitrogen and oxygen atoms in total. The van der Waals surface area contributed by atoms with Crippen LogP contribution in [0.15, 0.2) is 17.7 Å². The van der Waals surface area contributed by atoms with Crippen molar-refractivity contribution < 1.29 is 8.42 Å². The van der Waals surface area contributed by atoms with Gasteiger partial charge in [0.1, 0.15) is 5.82 Å². The van der Waals surface area contributed by atoms with Crippen LogP contribution in [0.3, 0.4) is 0 Å². The maximum absolute atomic E-state index is 11.1. The first-order valence-corrected chi connectivity index (χ1v) is 5.80. The molecule has 2 rings (SSSR count). The van der Waals surface area contributed by atoms with Crippen molar-refractivity contribution in [1.82, 2.24) is 15.0 Å². The Balaban J connectivity index is 2.09. The van der Waals surface area contributed by atoms with Crippen molar-refractivity contribution in [3.05, 3.63) is 17.7 Å². The minimum atomic E-state index is -3.00. The molecule has 1 atom stereocenters. The van der Waals surface area contributed by atoms with E-state index in [1.807, 2.05) is 0 Å². The highest BCUT2D eigenvalue weighted by molar-refractivity contribution is 7.94. The third-order valence-corrected chi connectivity index (χ3v) is 3.37. The quantitative estimate of drug-likeness (QED) is 0.720. The fourth-order valence-corrected chi connectivity index (χ4v) is 2.51. The van der Waals surface area contributed by atoms with Gasteiger partial charge in [-0.2, -0.15) is 0 Å². The monoisotopic (exact) mass is 214 g/mol. The van der Waals surface area contributed by atoms with Crippen LogP contribution in [0.4, 0.5) is 5.82 Å². The second-order valence-corrected chi connectivity index (χ2v) is 5.08. The van der Waals surface area contributed by atoms with E-state index in [-0.39, 0.29) is 11.8 Å². The Morgan fingerprint density at radius 1 is 1.64 bits per heavy atom. The van der Waals surface area contributed by atoms with Crippen LogP contribution in [0.5, 0.6) is 0 Å². The van der Waals surface area contributed by atoms with Gasteiger partial charge in [-0.1, -0.05) is 5.21 Å². The highest BCUT2D eigenvalue weighted by Crippen LogP contribution is 2.13. The van der Waals surface area contributed by atoms with Gasteiger partial charge in [-0.3, -0.25) is 0 Å². The van der Waals surface area contributed by atoms with Crippen LogP contribution in [0.25, 0.3) is 0 Å². The van der Waals surface area contributed by atoms with Crippen LogP contribution in [0.1, 0.15) is 0 Å². The molecule has 14 heavy (non-hydrogen) atoms. The van der Waals surface area contributed by atoms with E-state index in [1.54, 1.807) is 24.0 Å². The van der Waals surface area contributed by atoms with Crippen LogP contribution < -0.4 is 5.32 Å². The van der Waals surface area contributed by atoms with E-state index in [0.29, 0.717) is 5.82 Å². The molecular weight excluding hydrogens is 204 g/mol. The summed E-state index contributed by atoms with van der Waals surface area (Å²) in [6, 6.07) is -0.183. The highest BCUT2D eigenvalue weighted by Gasteiger charge is 2.21. The lowest BCUT2D eigenvalue weighted by molar-refractivity contribution is 0.605. The van der Waals surface area contributed by atoms with Crippen molar-refractivity contribution in [2.24, 2.45) is 7.05 Å². The van der Waals surface area contributed by atoms with Gasteiger partial charge in [0.2, 0.25) is 0 Å². The molecule has 0 aromatic carbocycles. The first-order chi connectivity index (χ1) is 6.57. The topological polar surface area (TPSA) is 76.9 Å². The third-order valence-electron chi connectivity index (χ3n) is 1.98. The van der Waals surface area contributed by atoms with Crippen molar-refractivity contribution >= 4 is 15.7 Å². The van der Waals surface area contributed by atoms with Crippen molar-refractivity contribution in [2.45, 2.75) is 6.04 Å². The number of sulfone groups is 1. The molecule has 0 saturated heterocycles. The Morgan fingerprint density at radius 3 is 2.93 bits per heavy atom. The minimum Gasteiger partial charge on any atom is -0.362 e. The maximum atomic E-state index is 11.1. The van der Waals surface area contributed by atoms with Gasteiger partial charge in [0.15, 0.2) is 9.84 Å². The number of aryl methyl sites for hydroxylation is 1. The molecule has 2 heterocycles. The Bertz CT molecular complexity index is 462. The van der Waals surface area contributed by atoms with Crippen LogP contribution in [0, 0.1) is 0 Å². The molecule has 0 fully saturated rings. The second-order valence-electron chi connectivity index (χ2n) is 3.15. The van der Waals surface area contributed by atoms with Crippen molar-refractivity contribution in [1.29, 1.82) is 0 Å². The summed E-state index contributed by atoms with van der Waals surface area (Å²) in [4.78, 5) is 0. The number of nitrogens with zero attached hydrogens (tertiary/aromatic N) is 3. The molecule has 1 aromatic rings.